The fraction of sp³-hybridized carbons (Fsp3) is 0.636. The highest BCUT2D eigenvalue weighted by Gasteiger charge is 2.54. The molecular weight excluding hydrogens is 241 g/mol. The lowest BCUT2D eigenvalue weighted by molar-refractivity contribution is -0.124. The highest BCUT2D eigenvalue weighted by Crippen LogP contribution is 2.35. The van der Waals surface area contributed by atoms with Crippen LogP contribution in [0.4, 0.5) is 4.39 Å². The maximum atomic E-state index is 14.1. The fourth-order valence-electron chi connectivity index (χ4n) is 2.07. The molecular formula is C11H18FN3O3. The molecule has 0 aromatic heterocycles. The van der Waals surface area contributed by atoms with Crippen LogP contribution in [0.5, 0.6) is 0 Å². The van der Waals surface area contributed by atoms with Crippen molar-refractivity contribution in [2.45, 2.75) is 37.2 Å². The van der Waals surface area contributed by atoms with Crippen LogP contribution in [0, 0.1) is 0 Å². The zero-order chi connectivity index (χ0) is 13.5. The summed E-state index contributed by atoms with van der Waals surface area (Å²) in [5.41, 5.74) is 4.30. The predicted octanol–water partition coefficient (Wildman–Crippen LogP) is -1.03. The van der Waals surface area contributed by atoms with Crippen LogP contribution in [0.15, 0.2) is 24.7 Å². The molecule has 0 spiro atoms. The molecule has 1 saturated heterocycles. The van der Waals surface area contributed by atoms with Gasteiger partial charge in [-0.05, 0) is 13.0 Å². The average molecular weight is 259 g/mol. The van der Waals surface area contributed by atoms with E-state index in [-0.39, 0.29) is 6.17 Å². The standard InChI is InChI=1S/C11H18FN3O3/c1-6-14-7(13)3-4-15(6)10-8(12)9(17)11(2,5-16)18-10/h3-4,7-10,14,16-17H,1,5,13H2,2H3/t7?,8-,9+,10-,11-/m1/s1. The lowest BCUT2D eigenvalue weighted by atomic mass is 9.99. The van der Waals surface area contributed by atoms with Crippen LogP contribution in [0.25, 0.3) is 0 Å². The second-order valence-electron chi connectivity index (χ2n) is 4.73. The molecule has 0 radical (unpaired) electrons. The van der Waals surface area contributed by atoms with Crippen LogP contribution in [0.2, 0.25) is 0 Å². The van der Waals surface area contributed by atoms with Gasteiger partial charge in [0, 0.05) is 6.20 Å². The van der Waals surface area contributed by atoms with Crippen LogP contribution >= 0.6 is 0 Å². The molecule has 0 aromatic carbocycles. The monoisotopic (exact) mass is 259 g/mol. The third-order valence-corrected chi connectivity index (χ3v) is 3.28. The number of halogens is 1. The number of nitrogens with two attached hydrogens (primary N) is 1. The molecule has 1 fully saturated rings. The molecule has 5 N–H and O–H groups in total. The Labute approximate surface area is 105 Å². The van der Waals surface area contributed by atoms with E-state index < -0.39 is 30.7 Å². The van der Waals surface area contributed by atoms with Gasteiger partial charge in [-0.2, -0.15) is 0 Å². The van der Waals surface area contributed by atoms with Gasteiger partial charge >= 0.3 is 0 Å². The molecule has 0 saturated carbocycles. The van der Waals surface area contributed by atoms with E-state index in [4.69, 9.17) is 10.5 Å². The van der Waals surface area contributed by atoms with Gasteiger partial charge in [-0.3, -0.25) is 0 Å². The molecule has 5 atom stereocenters. The minimum absolute atomic E-state index is 0.382. The minimum Gasteiger partial charge on any atom is -0.393 e. The molecule has 0 aromatic rings. The Morgan fingerprint density at radius 3 is 2.89 bits per heavy atom. The van der Waals surface area contributed by atoms with E-state index in [1.807, 2.05) is 0 Å². The highest BCUT2D eigenvalue weighted by atomic mass is 19.1. The Kier molecular flexibility index (Phi) is 3.33. The molecule has 2 aliphatic heterocycles. The maximum Gasteiger partial charge on any atom is 0.174 e. The predicted molar refractivity (Wildman–Crippen MR) is 62.5 cm³/mol. The first kappa shape index (κ1) is 13.3. The highest BCUT2D eigenvalue weighted by molar-refractivity contribution is 5.13. The number of aliphatic hydroxyl groups is 2. The number of ether oxygens (including phenoxy) is 1. The summed E-state index contributed by atoms with van der Waals surface area (Å²) in [6.45, 7) is 4.70. The van der Waals surface area contributed by atoms with Gasteiger partial charge in [0.25, 0.3) is 0 Å². The van der Waals surface area contributed by atoms with Crippen molar-refractivity contribution in [3.63, 3.8) is 0 Å². The quantitative estimate of drug-likeness (QED) is 0.507. The molecule has 1 unspecified atom stereocenters. The summed E-state index contributed by atoms with van der Waals surface area (Å²) in [6, 6.07) is 0. The van der Waals surface area contributed by atoms with Crippen LogP contribution in [0.1, 0.15) is 6.92 Å². The molecule has 102 valence electrons. The summed E-state index contributed by atoms with van der Waals surface area (Å²) in [5.74, 6) is 0.382. The van der Waals surface area contributed by atoms with Crippen LogP contribution < -0.4 is 11.1 Å². The second-order valence-corrected chi connectivity index (χ2v) is 4.73. The summed E-state index contributed by atoms with van der Waals surface area (Å²) < 4.78 is 19.5. The third kappa shape index (κ3) is 1.99. The molecule has 0 amide bonds. The van der Waals surface area contributed by atoms with E-state index in [0.29, 0.717) is 5.82 Å². The zero-order valence-electron chi connectivity index (χ0n) is 10.1. The molecule has 0 bridgehead atoms. The Morgan fingerprint density at radius 1 is 1.72 bits per heavy atom. The number of nitrogens with zero attached hydrogens (tertiary/aromatic N) is 1. The number of hydrogen-bond donors (Lipinski definition) is 4. The first-order valence-electron chi connectivity index (χ1n) is 5.67. The van der Waals surface area contributed by atoms with Gasteiger partial charge in [0.15, 0.2) is 12.4 Å². The van der Waals surface area contributed by atoms with Gasteiger partial charge in [-0.15, -0.1) is 0 Å². The lowest BCUT2D eigenvalue weighted by Crippen LogP contribution is -2.49. The van der Waals surface area contributed by atoms with E-state index in [1.54, 1.807) is 12.3 Å². The molecule has 18 heavy (non-hydrogen) atoms. The van der Waals surface area contributed by atoms with Gasteiger partial charge in [0.1, 0.15) is 17.5 Å². The van der Waals surface area contributed by atoms with Crippen LogP contribution in [0.3, 0.4) is 0 Å². The first-order chi connectivity index (χ1) is 8.39. The van der Waals surface area contributed by atoms with Crippen LogP contribution in [-0.4, -0.2) is 52.0 Å². The Bertz CT molecular complexity index is 379. The number of hydrogen-bond acceptors (Lipinski definition) is 6. The van der Waals surface area contributed by atoms with Crippen molar-refractivity contribution < 1.29 is 19.3 Å². The normalized spacial score (nSPS) is 44.3. The number of alkyl halides is 1. The molecule has 2 rings (SSSR count). The summed E-state index contributed by atoms with van der Waals surface area (Å²) in [5, 5.41) is 21.8. The van der Waals surface area contributed by atoms with E-state index in [9.17, 15) is 14.6 Å². The van der Waals surface area contributed by atoms with E-state index in [0.717, 1.165) is 0 Å². The van der Waals surface area contributed by atoms with Gasteiger partial charge in [0.05, 0.1) is 12.8 Å². The lowest BCUT2D eigenvalue weighted by Gasteiger charge is -2.35. The Morgan fingerprint density at radius 2 is 2.39 bits per heavy atom. The van der Waals surface area contributed by atoms with Crippen molar-refractivity contribution >= 4 is 0 Å². The maximum absolute atomic E-state index is 14.1. The summed E-state index contributed by atoms with van der Waals surface area (Å²) in [6.07, 6.45) is -1.31. The van der Waals surface area contributed by atoms with Crippen LogP contribution in [-0.2, 0) is 4.74 Å². The number of aliphatic hydroxyl groups excluding tert-OH is 2. The van der Waals surface area contributed by atoms with Crippen molar-refractivity contribution in [2.75, 3.05) is 6.61 Å². The summed E-state index contributed by atoms with van der Waals surface area (Å²) in [7, 11) is 0. The van der Waals surface area contributed by atoms with Gasteiger partial charge in [-0.1, -0.05) is 6.58 Å². The molecule has 7 heteroatoms. The molecule has 6 nitrogen and oxygen atoms in total. The van der Waals surface area contributed by atoms with Gasteiger partial charge < -0.3 is 30.9 Å². The van der Waals surface area contributed by atoms with Crippen molar-refractivity contribution in [1.82, 2.24) is 10.2 Å². The topological polar surface area (TPSA) is 91.0 Å². The molecule has 2 heterocycles. The minimum atomic E-state index is -1.65. The second kappa shape index (κ2) is 4.51. The van der Waals surface area contributed by atoms with Gasteiger partial charge in [-0.25, -0.2) is 4.39 Å². The average Bonchev–Trinajstić information content (AvgIpc) is 2.55. The van der Waals surface area contributed by atoms with Crippen molar-refractivity contribution in [3.8, 4) is 0 Å². The summed E-state index contributed by atoms with van der Waals surface area (Å²) >= 11 is 0. The smallest absolute Gasteiger partial charge is 0.174 e. The van der Waals surface area contributed by atoms with Crippen molar-refractivity contribution in [2.24, 2.45) is 5.73 Å². The van der Waals surface area contributed by atoms with Crippen molar-refractivity contribution in [3.05, 3.63) is 24.7 Å². The summed E-state index contributed by atoms with van der Waals surface area (Å²) in [4.78, 5) is 1.41. The Balaban J connectivity index is 2.20. The van der Waals surface area contributed by atoms with E-state index in [1.165, 1.54) is 11.8 Å². The number of rotatable bonds is 2. The van der Waals surface area contributed by atoms with E-state index in [2.05, 4.69) is 11.9 Å². The third-order valence-electron chi connectivity index (χ3n) is 3.28. The largest absolute Gasteiger partial charge is 0.393 e. The SMILES string of the molecule is C=C1NC(N)C=CN1[C@@H]1O[C@](C)(CO)[C@@H](O)[C@H]1F. The van der Waals surface area contributed by atoms with Gasteiger partial charge in [0.2, 0.25) is 0 Å². The fourth-order valence-corrected chi connectivity index (χ4v) is 2.07. The first-order valence-corrected chi connectivity index (χ1v) is 5.67. The molecule has 2 aliphatic rings. The number of nitrogens with one attached hydrogen (secondary N) is 1. The van der Waals surface area contributed by atoms with E-state index >= 15 is 0 Å². The Hall–Kier alpha value is -1.15. The zero-order valence-corrected chi connectivity index (χ0v) is 10.1. The molecule has 0 aliphatic carbocycles. The van der Waals surface area contributed by atoms with Crippen molar-refractivity contribution in [1.29, 1.82) is 0 Å².